The molecule has 0 bridgehead atoms. The van der Waals surface area contributed by atoms with Crippen LogP contribution >= 0.6 is 23.2 Å². The van der Waals surface area contributed by atoms with Gasteiger partial charge in [-0.25, -0.2) is 9.66 Å². The van der Waals surface area contributed by atoms with Gasteiger partial charge in [-0.05, 0) is 30.3 Å². The first-order valence-corrected chi connectivity index (χ1v) is 6.59. The van der Waals surface area contributed by atoms with Crippen molar-refractivity contribution in [2.75, 3.05) is 5.43 Å². The van der Waals surface area contributed by atoms with Crippen LogP contribution in [0, 0.1) is 0 Å². The molecule has 4 nitrogen and oxygen atoms in total. The smallest absolute Gasteiger partial charge is 0.267 e. The first-order valence-electron chi connectivity index (χ1n) is 5.83. The van der Waals surface area contributed by atoms with Gasteiger partial charge in [-0.2, -0.15) is 0 Å². The first-order chi connectivity index (χ1) is 9.65. The van der Waals surface area contributed by atoms with Gasteiger partial charge in [0.05, 0.1) is 21.6 Å². The summed E-state index contributed by atoms with van der Waals surface area (Å²) >= 11 is 11.9. The molecule has 1 amide bonds. The molecule has 0 radical (unpaired) electrons. The lowest BCUT2D eigenvalue weighted by atomic mass is 10.2. The maximum atomic E-state index is 12.2. The van der Waals surface area contributed by atoms with E-state index >= 15 is 0 Å². The highest BCUT2D eigenvalue weighted by atomic mass is 35.5. The van der Waals surface area contributed by atoms with Gasteiger partial charge in [0.2, 0.25) is 0 Å². The van der Waals surface area contributed by atoms with Crippen molar-refractivity contribution in [3.8, 4) is 0 Å². The summed E-state index contributed by atoms with van der Waals surface area (Å²) in [6.07, 6.45) is 1.54. The van der Waals surface area contributed by atoms with Crippen molar-refractivity contribution in [2.24, 2.45) is 0 Å². The number of fused-ring (bicyclic) bond motifs is 1. The van der Waals surface area contributed by atoms with Gasteiger partial charge in [-0.3, -0.25) is 10.2 Å². The second kappa shape index (κ2) is 5.15. The number of benzene rings is 2. The van der Waals surface area contributed by atoms with E-state index in [4.69, 9.17) is 23.2 Å². The molecule has 0 saturated heterocycles. The van der Waals surface area contributed by atoms with Gasteiger partial charge in [0, 0.05) is 5.02 Å². The third kappa shape index (κ3) is 2.35. The fourth-order valence-electron chi connectivity index (χ4n) is 1.89. The van der Waals surface area contributed by atoms with Crippen molar-refractivity contribution in [1.29, 1.82) is 0 Å². The number of halogens is 2. The van der Waals surface area contributed by atoms with Crippen molar-refractivity contribution in [3.63, 3.8) is 0 Å². The maximum Gasteiger partial charge on any atom is 0.271 e. The Morgan fingerprint density at radius 2 is 1.95 bits per heavy atom. The topological polar surface area (TPSA) is 46.9 Å². The number of hydrogen-bond donors (Lipinski definition) is 1. The van der Waals surface area contributed by atoms with E-state index in [-0.39, 0.29) is 5.91 Å². The molecule has 0 saturated carbocycles. The fraction of sp³-hybridized carbons (Fsp3) is 0. The molecule has 6 heteroatoms. The van der Waals surface area contributed by atoms with Crippen LogP contribution in [0.15, 0.2) is 48.8 Å². The number of para-hydroxylation sites is 2. The van der Waals surface area contributed by atoms with Crippen LogP contribution < -0.4 is 5.43 Å². The molecule has 3 rings (SSSR count). The minimum Gasteiger partial charge on any atom is -0.267 e. The van der Waals surface area contributed by atoms with Gasteiger partial charge >= 0.3 is 0 Å². The van der Waals surface area contributed by atoms with Gasteiger partial charge in [-0.1, -0.05) is 35.3 Å². The SMILES string of the molecule is O=C(Nn1cnc2ccccc21)c1cc(Cl)ccc1Cl. The lowest BCUT2D eigenvalue weighted by Gasteiger charge is -2.08. The van der Waals surface area contributed by atoms with Crippen LogP contribution in [0.1, 0.15) is 10.4 Å². The second-order valence-electron chi connectivity index (χ2n) is 4.17. The van der Waals surface area contributed by atoms with Gasteiger partial charge in [0.1, 0.15) is 6.33 Å². The highest BCUT2D eigenvalue weighted by Gasteiger charge is 2.12. The van der Waals surface area contributed by atoms with E-state index in [2.05, 4.69) is 10.4 Å². The molecule has 0 aliphatic heterocycles. The van der Waals surface area contributed by atoms with Crippen molar-refractivity contribution < 1.29 is 4.79 Å². The van der Waals surface area contributed by atoms with Crippen LogP contribution in [0.5, 0.6) is 0 Å². The van der Waals surface area contributed by atoms with Crippen LogP contribution in [0.4, 0.5) is 0 Å². The molecule has 0 atom stereocenters. The zero-order valence-corrected chi connectivity index (χ0v) is 11.7. The van der Waals surface area contributed by atoms with E-state index in [1.807, 2.05) is 24.3 Å². The quantitative estimate of drug-likeness (QED) is 0.784. The summed E-state index contributed by atoms with van der Waals surface area (Å²) in [5.74, 6) is -0.347. The Balaban J connectivity index is 1.94. The molecule has 0 fully saturated rings. The highest BCUT2D eigenvalue weighted by molar-refractivity contribution is 6.36. The summed E-state index contributed by atoms with van der Waals surface area (Å²) < 4.78 is 1.55. The Labute approximate surface area is 124 Å². The number of hydrogen-bond acceptors (Lipinski definition) is 2. The molecule has 1 N–H and O–H groups in total. The van der Waals surface area contributed by atoms with Gasteiger partial charge < -0.3 is 0 Å². The van der Waals surface area contributed by atoms with Crippen LogP contribution in [0.3, 0.4) is 0 Å². The summed E-state index contributed by atoms with van der Waals surface area (Å²) in [7, 11) is 0. The normalized spacial score (nSPS) is 10.7. The van der Waals surface area contributed by atoms with Gasteiger partial charge in [-0.15, -0.1) is 0 Å². The van der Waals surface area contributed by atoms with Crippen molar-refractivity contribution in [2.45, 2.75) is 0 Å². The molecular formula is C14H9Cl2N3O. The highest BCUT2D eigenvalue weighted by Crippen LogP contribution is 2.21. The minimum absolute atomic E-state index is 0.317. The Bertz CT molecular complexity index is 798. The zero-order valence-electron chi connectivity index (χ0n) is 10.2. The summed E-state index contributed by atoms with van der Waals surface area (Å²) in [6, 6.07) is 12.2. The molecule has 100 valence electrons. The third-order valence-corrected chi connectivity index (χ3v) is 3.41. The van der Waals surface area contributed by atoms with Crippen LogP contribution in [-0.4, -0.2) is 15.6 Å². The Morgan fingerprint density at radius 1 is 1.15 bits per heavy atom. The summed E-state index contributed by atoms with van der Waals surface area (Å²) in [5, 5.41) is 0.798. The van der Waals surface area contributed by atoms with Gasteiger partial charge in [0.25, 0.3) is 5.91 Å². The van der Waals surface area contributed by atoms with E-state index in [0.29, 0.717) is 15.6 Å². The lowest BCUT2D eigenvalue weighted by molar-refractivity contribution is 0.101. The number of nitrogens with zero attached hydrogens (tertiary/aromatic N) is 2. The molecule has 2 aromatic carbocycles. The zero-order chi connectivity index (χ0) is 14.1. The average Bonchev–Trinajstić information content (AvgIpc) is 2.85. The Morgan fingerprint density at radius 3 is 2.80 bits per heavy atom. The van der Waals surface area contributed by atoms with Gasteiger partial charge in [0.15, 0.2) is 0 Å². The largest absolute Gasteiger partial charge is 0.271 e. The monoisotopic (exact) mass is 305 g/mol. The van der Waals surface area contributed by atoms with Crippen LogP contribution in [-0.2, 0) is 0 Å². The molecule has 0 unspecified atom stereocenters. The fourth-order valence-corrected chi connectivity index (χ4v) is 2.26. The molecule has 20 heavy (non-hydrogen) atoms. The predicted molar refractivity (Wildman–Crippen MR) is 79.9 cm³/mol. The Kier molecular flexibility index (Phi) is 3.34. The van der Waals surface area contributed by atoms with E-state index in [1.165, 1.54) is 6.07 Å². The number of rotatable bonds is 2. The van der Waals surface area contributed by atoms with E-state index in [0.717, 1.165) is 11.0 Å². The van der Waals surface area contributed by atoms with Crippen LogP contribution in [0.25, 0.3) is 11.0 Å². The van der Waals surface area contributed by atoms with E-state index < -0.39 is 0 Å². The number of amides is 1. The number of aromatic nitrogens is 2. The number of carbonyl (C=O) groups is 1. The third-order valence-electron chi connectivity index (χ3n) is 2.85. The molecule has 1 aromatic heterocycles. The Hall–Kier alpha value is -2.04. The number of carbonyl (C=O) groups excluding carboxylic acids is 1. The second-order valence-corrected chi connectivity index (χ2v) is 5.01. The standard InChI is InChI=1S/C14H9Cl2N3O/c15-9-5-6-11(16)10(7-9)14(20)18-19-8-17-12-3-1-2-4-13(12)19/h1-8H,(H,18,20). The van der Waals surface area contributed by atoms with E-state index in [9.17, 15) is 4.79 Å². The summed E-state index contributed by atoms with van der Waals surface area (Å²) in [4.78, 5) is 16.4. The summed E-state index contributed by atoms with van der Waals surface area (Å²) in [6.45, 7) is 0. The molecular weight excluding hydrogens is 297 g/mol. The molecule has 3 aromatic rings. The van der Waals surface area contributed by atoms with E-state index in [1.54, 1.807) is 23.1 Å². The molecule has 1 heterocycles. The molecule has 0 aliphatic rings. The van der Waals surface area contributed by atoms with Crippen LogP contribution in [0.2, 0.25) is 10.0 Å². The molecule has 0 aliphatic carbocycles. The number of imidazole rings is 1. The minimum atomic E-state index is -0.347. The lowest BCUT2D eigenvalue weighted by Crippen LogP contribution is -2.22. The number of nitrogens with one attached hydrogen (secondary N) is 1. The molecule has 0 spiro atoms. The first kappa shape index (κ1) is 13.0. The predicted octanol–water partition coefficient (Wildman–Crippen LogP) is 3.73. The van der Waals surface area contributed by atoms with Crippen molar-refractivity contribution >= 4 is 40.1 Å². The average molecular weight is 306 g/mol. The van der Waals surface area contributed by atoms with Crippen molar-refractivity contribution in [3.05, 3.63) is 64.4 Å². The maximum absolute atomic E-state index is 12.2. The van der Waals surface area contributed by atoms with Crippen molar-refractivity contribution in [1.82, 2.24) is 9.66 Å². The summed E-state index contributed by atoms with van der Waals surface area (Å²) in [5.41, 5.74) is 4.64.